The van der Waals surface area contributed by atoms with Gasteiger partial charge in [0, 0.05) is 5.02 Å². The van der Waals surface area contributed by atoms with Gasteiger partial charge in [-0.3, -0.25) is 4.40 Å². The number of nitrogens with zero attached hydrogens (tertiary/aromatic N) is 6. The van der Waals surface area contributed by atoms with Crippen molar-refractivity contribution in [2.75, 3.05) is 0 Å². The predicted molar refractivity (Wildman–Crippen MR) is 88.1 cm³/mol. The molecule has 0 saturated heterocycles. The topological polar surface area (TPSA) is 74.0 Å². The number of hydrogen-bond acceptors (Lipinski definition) is 5. The molecule has 0 spiro atoms. The van der Waals surface area contributed by atoms with Gasteiger partial charge in [0.15, 0.2) is 17.1 Å². The third kappa shape index (κ3) is 1.85. The van der Waals surface area contributed by atoms with Crippen LogP contribution in [0.1, 0.15) is 0 Å². The fourth-order valence-corrected chi connectivity index (χ4v) is 2.79. The predicted octanol–water partition coefficient (Wildman–Crippen LogP) is 3.38. The molecule has 0 bridgehead atoms. The molecule has 4 heterocycles. The van der Waals surface area contributed by atoms with E-state index in [1.807, 2.05) is 30.3 Å². The van der Waals surface area contributed by atoms with Crippen molar-refractivity contribution in [3.8, 4) is 17.3 Å². The Kier molecular flexibility index (Phi) is 2.71. The van der Waals surface area contributed by atoms with Crippen LogP contribution < -0.4 is 0 Å². The van der Waals surface area contributed by atoms with Gasteiger partial charge in [-0.1, -0.05) is 11.6 Å². The van der Waals surface area contributed by atoms with Crippen LogP contribution in [0.5, 0.6) is 0 Å². The SMILES string of the molecule is Clc1ccc(-n2ncc3c2ncn2c(-c4ccco4)nnc32)cc1. The fourth-order valence-electron chi connectivity index (χ4n) is 2.67. The van der Waals surface area contributed by atoms with Crippen LogP contribution in [-0.2, 0) is 0 Å². The fraction of sp³-hybridized carbons (Fsp3) is 0. The van der Waals surface area contributed by atoms with Crippen LogP contribution in [-0.4, -0.2) is 29.4 Å². The van der Waals surface area contributed by atoms with E-state index in [9.17, 15) is 0 Å². The lowest BCUT2D eigenvalue weighted by Gasteiger charge is -2.03. The summed E-state index contributed by atoms with van der Waals surface area (Å²) >= 11 is 5.95. The molecule has 8 heteroatoms. The molecule has 0 atom stereocenters. The number of aromatic nitrogens is 6. The molecular formula is C16H9ClN6O. The molecule has 0 fully saturated rings. The summed E-state index contributed by atoms with van der Waals surface area (Å²) < 4.78 is 8.93. The maximum Gasteiger partial charge on any atom is 0.205 e. The molecule has 24 heavy (non-hydrogen) atoms. The van der Waals surface area contributed by atoms with Gasteiger partial charge in [0.05, 0.1) is 23.5 Å². The third-order valence-electron chi connectivity index (χ3n) is 3.79. The van der Waals surface area contributed by atoms with Gasteiger partial charge in [-0.2, -0.15) is 5.10 Å². The standard InChI is InChI=1S/C16H9ClN6O/c17-10-3-5-11(6-4-10)23-14-12(8-19-23)15-20-21-16(22(15)9-18-14)13-2-1-7-24-13/h1-9H. The number of benzene rings is 1. The summed E-state index contributed by atoms with van der Waals surface area (Å²) in [5, 5.41) is 14.4. The van der Waals surface area contributed by atoms with E-state index in [-0.39, 0.29) is 0 Å². The van der Waals surface area contributed by atoms with Crippen LogP contribution in [0.4, 0.5) is 0 Å². The lowest BCUT2D eigenvalue weighted by Crippen LogP contribution is -1.98. The molecule has 0 radical (unpaired) electrons. The zero-order chi connectivity index (χ0) is 16.1. The first-order chi connectivity index (χ1) is 11.8. The molecule has 4 aromatic heterocycles. The summed E-state index contributed by atoms with van der Waals surface area (Å²) in [7, 11) is 0. The number of halogens is 1. The quantitative estimate of drug-likeness (QED) is 0.494. The molecule has 1 aromatic carbocycles. The average molecular weight is 337 g/mol. The lowest BCUT2D eigenvalue weighted by molar-refractivity contribution is 0.576. The molecule has 0 saturated carbocycles. The smallest absolute Gasteiger partial charge is 0.205 e. The van der Waals surface area contributed by atoms with Crippen molar-refractivity contribution in [2.24, 2.45) is 0 Å². The summed E-state index contributed by atoms with van der Waals surface area (Å²) in [5.41, 5.74) is 2.24. The van der Waals surface area contributed by atoms with E-state index in [0.717, 1.165) is 11.1 Å². The van der Waals surface area contributed by atoms with Crippen LogP contribution in [0.25, 0.3) is 34.0 Å². The number of hydrogen-bond donors (Lipinski definition) is 0. The Balaban J connectivity index is 1.74. The van der Waals surface area contributed by atoms with Gasteiger partial charge in [0.2, 0.25) is 5.82 Å². The zero-order valence-corrected chi connectivity index (χ0v) is 12.9. The second kappa shape index (κ2) is 4.90. The second-order valence-electron chi connectivity index (χ2n) is 5.21. The molecule has 0 amide bonds. The molecular weight excluding hydrogens is 328 g/mol. The van der Waals surface area contributed by atoms with Crippen molar-refractivity contribution in [1.82, 2.24) is 29.4 Å². The molecule has 116 valence electrons. The second-order valence-corrected chi connectivity index (χ2v) is 5.65. The van der Waals surface area contributed by atoms with E-state index in [0.29, 0.717) is 27.9 Å². The highest BCUT2D eigenvalue weighted by Gasteiger charge is 2.16. The number of fused-ring (bicyclic) bond motifs is 3. The van der Waals surface area contributed by atoms with Crippen molar-refractivity contribution in [1.29, 1.82) is 0 Å². The summed E-state index contributed by atoms with van der Waals surface area (Å²) in [4.78, 5) is 4.52. The number of rotatable bonds is 2. The summed E-state index contributed by atoms with van der Waals surface area (Å²) in [5.74, 6) is 1.23. The van der Waals surface area contributed by atoms with Crippen LogP contribution in [0.2, 0.25) is 5.02 Å². The van der Waals surface area contributed by atoms with Crippen molar-refractivity contribution < 1.29 is 4.42 Å². The van der Waals surface area contributed by atoms with Crippen LogP contribution in [0.15, 0.2) is 59.6 Å². The number of furan rings is 1. The Morgan fingerprint density at radius 2 is 1.88 bits per heavy atom. The highest BCUT2D eigenvalue weighted by molar-refractivity contribution is 6.30. The Hall–Kier alpha value is -3.19. The first-order valence-electron chi connectivity index (χ1n) is 7.18. The third-order valence-corrected chi connectivity index (χ3v) is 4.04. The molecule has 0 aliphatic rings. The van der Waals surface area contributed by atoms with E-state index in [1.165, 1.54) is 0 Å². The minimum Gasteiger partial charge on any atom is -0.461 e. The highest BCUT2D eigenvalue weighted by Crippen LogP contribution is 2.24. The van der Waals surface area contributed by atoms with Crippen molar-refractivity contribution >= 4 is 28.3 Å². The Bertz CT molecular complexity index is 1160. The van der Waals surface area contributed by atoms with Crippen LogP contribution in [0, 0.1) is 0 Å². The van der Waals surface area contributed by atoms with Crippen molar-refractivity contribution in [3.05, 3.63) is 60.2 Å². The van der Waals surface area contributed by atoms with Crippen LogP contribution >= 0.6 is 11.6 Å². The lowest BCUT2D eigenvalue weighted by atomic mass is 10.3. The van der Waals surface area contributed by atoms with E-state index < -0.39 is 0 Å². The molecule has 0 N–H and O–H groups in total. The van der Waals surface area contributed by atoms with Gasteiger partial charge in [-0.15, -0.1) is 10.2 Å². The van der Waals surface area contributed by atoms with Gasteiger partial charge in [0.1, 0.15) is 6.33 Å². The van der Waals surface area contributed by atoms with Gasteiger partial charge in [0.25, 0.3) is 0 Å². The minimum atomic E-state index is 0.601. The van der Waals surface area contributed by atoms with Gasteiger partial charge < -0.3 is 4.42 Å². The molecule has 0 aliphatic carbocycles. The summed E-state index contributed by atoms with van der Waals surface area (Å²) in [6.45, 7) is 0. The van der Waals surface area contributed by atoms with Gasteiger partial charge in [-0.05, 0) is 36.4 Å². The van der Waals surface area contributed by atoms with E-state index in [4.69, 9.17) is 16.0 Å². The van der Waals surface area contributed by atoms with Crippen molar-refractivity contribution in [3.63, 3.8) is 0 Å². The first kappa shape index (κ1) is 13.3. The average Bonchev–Trinajstić information content (AvgIpc) is 3.33. The van der Waals surface area contributed by atoms with Crippen molar-refractivity contribution in [2.45, 2.75) is 0 Å². The van der Waals surface area contributed by atoms with E-state index in [1.54, 1.807) is 33.9 Å². The monoisotopic (exact) mass is 336 g/mol. The largest absolute Gasteiger partial charge is 0.461 e. The van der Waals surface area contributed by atoms with Crippen LogP contribution in [0.3, 0.4) is 0 Å². The molecule has 7 nitrogen and oxygen atoms in total. The summed E-state index contributed by atoms with van der Waals surface area (Å²) in [6.07, 6.45) is 5.00. The minimum absolute atomic E-state index is 0.601. The molecule has 5 aromatic rings. The normalized spacial score (nSPS) is 11.5. The molecule has 0 aliphatic heterocycles. The Morgan fingerprint density at radius 3 is 2.67 bits per heavy atom. The summed E-state index contributed by atoms with van der Waals surface area (Å²) in [6, 6.07) is 11.0. The maximum atomic E-state index is 5.95. The zero-order valence-electron chi connectivity index (χ0n) is 12.2. The molecule has 5 rings (SSSR count). The van der Waals surface area contributed by atoms with E-state index in [2.05, 4.69) is 20.3 Å². The maximum absolute atomic E-state index is 5.95. The highest BCUT2D eigenvalue weighted by atomic mass is 35.5. The van der Waals surface area contributed by atoms with E-state index >= 15 is 0 Å². The first-order valence-corrected chi connectivity index (χ1v) is 7.56. The van der Waals surface area contributed by atoms with Gasteiger partial charge >= 0.3 is 0 Å². The van der Waals surface area contributed by atoms with Gasteiger partial charge in [-0.25, -0.2) is 9.67 Å². The Morgan fingerprint density at radius 1 is 1.00 bits per heavy atom. The Labute approximate surface area is 140 Å². The molecule has 0 unspecified atom stereocenters.